The molecule has 0 saturated carbocycles. The van der Waals surface area contributed by atoms with Crippen LogP contribution in [-0.2, 0) is 16.8 Å². The molecule has 2 aromatic carbocycles. The Hall–Kier alpha value is -3.83. The highest BCUT2D eigenvalue weighted by molar-refractivity contribution is 5.77. The third-order valence-electron chi connectivity index (χ3n) is 5.77. The summed E-state index contributed by atoms with van der Waals surface area (Å²) < 4.78 is 0. The third kappa shape index (κ3) is 5.33. The van der Waals surface area contributed by atoms with Crippen molar-refractivity contribution in [3.8, 4) is 0 Å². The van der Waals surface area contributed by atoms with Gasteiger partial charge in [-0.15, -0.1) is 0 Å². The molecule has 166 valence electrons. The number of pyridine rings is 2. The molecule has 4 rings (SSSR count). The Morgan fingerprint density at radius 2 is 1.39 bits per heavy atom. The fraction of sp³-hybridized carbons (Fsp3) is 0.179. The van der Waals surface area contributed by atoms with Gasteiger partial charge in [0.1, 0.15) is 5.60 Å². The maximum Gasteiger partial charge on any atom is 0.220 e. The fourth-order valence-electron chi connectivity index (χ4n) is 4.08. The fourth-order valence-corrected chi connectivity index (χ4v) is 4.08. The zero-order chi connectivity index (χ0) is 22.9. The second-order valence-corrected chi connectivity index (χ2v) is 8.00. The number of aromatic nitrogens is 2. The maximum atomic E-state index is 13.1. The Morgan fingerprint density at radius 1 is 0.818 bits per heavy atom. The van der Waals surface area contributed by atoms with Gasteiger partial charge in [-0.2, -0.15) is 0 Å². The topological polar surface area (TPSA) is 75.1 Å². The van der Waals surface area contributed by atoms with E-state index < -0.39 is 11.6 Å². The minimum Gasteiger partial charge on any atom is -0.378 e. The van der Waals surface area contributed by atoms with Gasteiger partial charge in [-0.1, -0.05) is 72.8 Å². The van der Waals surface area contributed by atoms with E-state index in [-0.39, 0.29) is 5.91 Å². The highest BCUT2D eigenvalue weighted by atomic mass is 16.3. The van der Waals surface area contributed by atoms with Crippen LogP contribution in [0.2, 0.25) is 0 Å². The number of benzene rings is 2. The molecule has 5 nitrogen and oxygen atoms in total. The first-order valence-electron chi connectivity index (χ1n) is 11.1. The molecule has 2 N–H and O–H groups in total. The van der Waals surface area contributed by atoms with Gasteiger partial charge in [-0.05, 0) is 36.1 Å². The maximum absolute atomic E-state index is 13.1. The number of nitrogens with one attached hydrogen (secondary N) is 1. The van der Waals surface area contributed by atoms with E-state index in [2.05, 4.69) is 27.4 Å². The molecular formula is C28H27N3O2. The summed E-state index contributed by atoms with van der Waals surface area (Å²) in [4.78, 5) is 21.5. The van der Waals surface area contributed by atoms with E-state index in [9.17, 15) is 9.90 Å². The largest absolute Gasteiger partial charge is 0.378 e. The van der Waals surface area contributed by atoms with Crippen molar-refractivity contribution in [2.45, 2.75) is 30.9 Å². The van der Waals surface area contributed by atoms with Gasteiger partial charge in [0, 0.05) is 42.3 Å². The van der Waals surface area contributed by atoms with Crippen molar-refractivity contribution in [1.29, 1.82) is 0 Å². The van der Waals surface area contributed by atoms with E-state index in [1.165, 1.54) is 5.56 Å². The molecule has 2 aromatic heterocycles. The van der Waals surface area contributed by atoms with Gasteiger partial charge in [0.2, 0.25) is 5.91 Å². The molecule has 0 aliphatic heterocycles. The first kappa shape index (κ1) is 22.4. The summed E-state index contributed by atoms with van der Waals surface area (Å²) >= 11 is 0. The van der Waals surface area contributed by atoms with Crippen LogP contribution in [0.4, 0.5) is 0 Å². The van der Waals surface area contributed by atoms with Crippen molar-refractivity contribution in [2.24, 2.45) is 0 Å². The summed E-state index contributed by atoms with van der Waals surface area (Å²) in [5, 5.41) is 15.3. The van der Waals surface area contributed by atoms with Gasteiger partial charge in [0.05, 0.1) is 6.04 Å². The lowest BCUT2D eigenvalue weighted by atomic mass is 9.78. The molecule has 4 aromatic rings. The number of rotatable bonds is 9. The van der Waals surface area contributed by atoms with Crippen LogP contribution in [0, 0.1) is 0 Å². The van der Waals surface area contributed by atoms with Crippen molar-refractivity contribution in [2.75, 3.05) is 0 Å². The van der Waals surface area contributed by atoms with Gasteiger partial charge < -0.3 is 10.4 Å². The molecule has 1 atom stereocenters. The zero-order valence-electron chi connectivity index (χ0n) is 18.3. The summed E-state index contributed by atoms with van der Waals surface area (Å²) in [6.07, 6.45) is 8.47. The number of aliphatic hydroxyl groups is 1. The van der Waals surface area contributed by atoms with Gasteiger partial charge >= 0.3 is 0 Å². The number of carbonyl (C=O) groups excluding carboxylic acids is 1. The third-order valence-corrected chi connectivity index (χ3v) is 5.77. The molecule has 1 amide bonds. The molecule has 0 aliphatic rings. The molecule has 0 radical (unpaired) electrons. The molecule has 2 heterocycles. The van der Waals surface area contributed by atoms with Gasteiger partial charge in [-0.25, -0.2) is 0 Å². The lowest BCUT2D eigenvalue weighted by Crippen LogP contribution is -2.45. The summed E-state index contributed by atoms with van der Waals surface area (Å²) in [5.41, 5.74) is 1.60. The number of hydrogen-bond acceptors (Lipinski definition) is 4. The smallest absolute Gasteiger partial charge is 0.220 e. The van der Waals surface area contributed by atoms with Crippen LogP contribution in [0.1, 0.15) is 41.1 Å². The van der Waals surface area contributed by atoms with E-state index in [1.54, 1.807) is 36.9 Å². The minimum absolute atomic E-state index is 0.119. The van der Waals surface area contributed by atoms with Gasteiger partial charge in [0.25, 0.3) is 0 Å². The second-order valence-electron chi connectivity index (χ2n) is 8.00. The van der Waals surface area contributed by atoms with E-state index >= 15 is 0 Å². The molecule has 1 unspecified atom stereocenters. The lowest BCUT2D eigenvalue weighted by Gasteiger charge is -2.37. The Labute approximate surface area is 194 Å². The molecule has 0 bridgehead atoms. The average Bonchev–Trinajstić information content (AvgIpc) is 2.89. The number of carbonyl (C=O) groups is 1. The highest BCUT2D eigenvalue weighted by Gasteiger charge is 2.42. The van der Waals surface area contributed by atoms with Crippen molar-refractivity contribution in [3.63, 3.8) is 0 Å². The van der Waals surface area contributed by atoms with E-state index in [4.69, 9.17) is 0 Å². The number of nitrogens with zero attached hydrogens (tertiary/aromatic N) is 2. The number of amides is 1. The Morgan fingerprint density at radius 3 is 1.94 bits per heavy atom. The van der Waals surface area contributed by atoms with E-state index in [0.717, 1.165) is 18.4 Å². The second kappa shape index (κ2) is 10.7. The van der Waals surface area contributed by atoms with Crippen molar-refractivity contribution in [3.05, 3.63) is 132 Å². The van der Waals surface area contributed by atoms with Gasteiger partial charge in [0.15, 0.2) is 0 Å². The average molecular weight is 438 g/mol. The van der Waals surface area contributed by atoms with E-state index in [0.29, 0.717) is 17.5 Å². The van der Waals surface area contributed by atoms with Crippen LogP contribution in [0.15, 0.2) is 110 Å². The van der Waals surface area contributed by atoms with Crippen LogP contribution >= 0.6 is 0 Å². The van der Waals surface area contributed by atoms with Crippen LogP contribution in [-0.4, -0.2) is 21.0 Å². The standard InChI is InChI=1S/C28H27N3O2/c32-26(17-7-12-22-10-3-1-4-11-22)31-27(23-13-5-2-6-14-23)28(33,24-15-8-18-29-20-24)25-16-9-19-30-21-25/h1-6,8-11,13-16,18-21,27,33H,7,12,17H2,(H,31,32). The van der Waals surface area contributed by atoms with Crippen molar-refractivity contribution in [1.82, 2.24) is 15.3 Å². The first-order valence-corrected chi connectivity index (χ1v) is 11.1. The Balaban J connectivity index is 1.64. The van der Waals surface area contributed by atoms with Gasteiger partial charge in [-0.3, -0.25) is 14.8 Å². The molecular weight excluding hydrogens is 410 g/mol. The monoisotopic (exact) mass is 437 g/mol. The Bertz CT molecular complexity index is 1100. The number of hydrogen-bond donors (Lipinski definition) is 2. The van der Waals surface area contributed by atoms with Crippen molar-refractivity contribution >= 4 is 5.91 Å². The van der Waals surface area contributed by atoms with Crippen LogP contribution < -0.4 is 5.32 Å². The molecule has 0 spiro atoms. The van der Waals surface area contributed by atoms with E-state index in [1.807, 2.05) is 60.7 Å². The first-order chi connectivity index (χ1) is 16.2. The summed E-state index contributed by atoms with van der Waals surface area (Å²) in [6, 6.07) is 26.1. The zero-order valence-corrected chi connectivity index (χ0v) is 18.3. The minimum atomic E-state index is -1.56. The molecule has 33 heavy (non-hydrogen) atoms. The molecule has 0 aliphatic carbocycles. The predicted octanol–water partition coefficient (Wildman–Crippen LogP) is 4.59. The van der Waals surface area contributed by atoms with Crippen molar-refractivity contribution < 1.29 is 9.90 Å². The normalized spacial score (nSPS) is 12.2. The summed E-state index contributed by atoms with van der Waals surface area (Å²) in [5.74, 6) is -0.119. The predicted molar refractivity (Wildman–Crippen MR) is 128 cm³/mol. The quantitative estimate of drug-likeness (QED) is 0.402. The lowest BCUT2D eigenvalue weighted by molar-refractivity contribution is -0.124. The van der Waals surface area contributed by atoms with Crippen LogP contribution in [0.25, 0.3) is 0 Å². The highest BCUT2D eigenvalue weighted by Crippen LogP contribution is 2.40. The van der Waals surface area contributed by atoms with Crippen LogP contribution in [0.5, 0.6) is 0 Å². The SMILES string of the molecule is O=C(CCCc1ccccc1)NC(c1ccccc1)C(O)(c1cccnc1)c1cccnc1. The summed E-state index contributed by atoms with van der Waals surface area (Å²) in [7, 11) is 0. The Kier molecular flexibility index (Phi) is 7.22. The molecule has 0 fully saturated rings. The molecule has 5 heteroatoms. The summed E-state index contributed by atoms with van der Waals surface area (Å²) in [6.45, 7) is 0. The molecule has 0 saturated heterocycles. The number of aryl methyl sites for hydroxylation is 1. The van der Waals surface area contributed by atoms with Crippen LogP contribution in [0.3, 0.4) is 0 Å².